The molecule has 0 aliphatic rings. The van der Waals surface area contributed by atoms with Crippen LogP contribution in [-0.2, 0) is 18.8 Å². The minimum atomic E-state index is -3.51. The highest BCUT2D eigenvalue weighted by atomic mass is 31.2. The predicted molar refractivity (Wildman–Crippen MR) is 58.4 cm³/mol. The molecular formula is C9H19NO4P. The molecule has 0 rings (SSSR count). The van der Waals surface area contributed by atoms with E-state index >= 15 is 0 Å². The summed E-state index contributed by atoms with van der Waals surface area (Å²) in [7, 11) is -3.51. The first-order valence-corrected chi connectivity index (χ1v) is 6.46. The van der Waals surface area contributed by atoms with Crippen molar-refractivity contribution in [3.63, 3.8) is 0 Å². The highest BCUT2D eigenvalue weighted by molar-refractivity contribution is 7.72. The van der Waals surface area contributed by atoms with Gasteiger partial charge in [0.15, 0.2) is 5.45 Å². The van der Waals surface area contributed by atoms with Crippen LogP contribution in [-0.4, -0.2) is 18.7 Å². The molecule has 0 saturated heterocycles. The van der Waals surface area contributed by atoms with E-state index in [1.165, 1.54) is 0 Å². The van der Waals surface area contributed by atoms with Crippen LogP contribution in [0.5, 0.6) is 0 Å². The van der Waals surface area contributed by atoms with E-state index in [4.69, 9.17) is 9.05 Å². The van der Waals surface area contributed by atoms with Gasteiger partial charge in [-0.2, -0.15) is 0 Å². The molecule has 0 amide bonds. The van der Waals surface area contributed by atoms with E-state index in [1.54, 1.807) is 34.6 Å². The average molecular weight is 236 g/mol. The third kappa shape index (κ3) is 3.93. The van der Waals surface area contributed by atoms with Gasteiger partial charge in [-0.15, -0.1) is 5.21 Å². The highest BCUT2D eigenvalue weighted by Gasteiger charge is 2.40. The molecule has 0 aromatic rings. The second-order valence-electron chi connectivity index (χ2n) is 4.00. The van der Waals surface area contributed by atoms with Gasteiger partial charge in [-0.1, -0.05) is 20.8 Å². The summed E-state index contributed by atoms with van der Waals surface area (Å²) in [5, 5.41) is 13.6. The lowest BCUT2D eigenvalue weighted by atomic mass is 9.99. The summed E-state index contributed by atoms with van der Waals surface area (Å²) in [4.78, 5) is 0. The molecule has 0 unspecified atom stereocenters. The van der Waals surface area contributed by atoms with Crippen LogP contribution in [0.15, 0.2) is 5.16 Å². The zero-order valence-corrected chi connectivity index (χ0v) is 10.8. The van der Waals surface area contributed by atoms with Crippen molar-refractivity contribution in [3.8, 4) is 0 Å². The van der Waals surface area contributed by atoms with Crippen molar-refractivity contribution < 1.29 is 18.8 Å². The smallest absolute Gasteiger partial charge is 0.305 e. The molecule has 0 aliphatic carbocycles. The Morgan fingerprint density at radius 3 is 1.80 bits per heavy atom. The van der Waals surface area contributed by atoms with Gasteiger partial charge in [0.05, 0.1) is 13.2 Å². The number of nitrogens with zero attached hydrogens (tertiary/aromatic N) is 1. The minimum absolute atomic E-state index is 0.0568. The molecule has 0 saturated carbocycles. The fourth-order valence-electron chi connectivity index (χ4n) is 1.10. The second-order valence-corrected chi connectivity index (χ2v) is 5.93. The standard InChI is InChI=1S/C9H19NO4P/c1-6-13-15(12,14-7-2)8(10-11)9(3,4)5/h6-7H2,1-5H3/b10-8+. The molecule has 0 aliphatic heterocycles. The SMILES string of the molecule is CCOP(=O)(OCC)/C(=N/[O])C(C)(C)C. The second kappa shape index (κ2) is 5.64. The van der Waals surface area contributed by atoms with E-state index in [9.17, 15) is 9.77 Å². The molecule has 1 radical (unpaired) electrons. The largest absolute Gasteiger partial charge is 0.379 e. The predicted octanol–water partition coefficient (Wildman–Crippen LogP) is 3.04. The third-order valence-corrected chi connectivity index (χ3v) is 4.08. The molecule has 0 aromatic carbocycles. The Kier molecular flexibility index (Phi) is 5.49. The Bertz CT molecular complexity index is 260. The summed E-state index contributed by atoms with van der Waals surface area (Å²) in [5.41, 5.74) is -0.680. The zero-order chi connectivity index (χ0) is 12.1. The molecular weight excluding hydrogens is 217 g/mol. The highest BCUT2D eigenvalue weighted by Crippen LogP contribution is 2.54. The van der Waals surface area contributed by atoms with Crippen LogP contribution in [0.4, 0.5) is 0 Å². The van der Waals surface area contributed by atoms with Gasteiger partial charge in [0.1, 0.15) is 0 Å². The summed E-state index contributed by atoms with van der Waals surface area (Å²) in [6, 6.07) is 0. The number of hydrogen-bond donors (Lipinski definition) is 0. The zero-order valence-electron chi connectivity index (χ0n) is 9.94. The summed E-state index contributed by atoms with van der Waals surface area (Å²) < 4.78 is 22.3. The lowest BCUT2D eigenvalue weighted by Crippen LogP contribution is -2.22. The van der Waals surface area contributed by atoms with Crippen LogP contribution < -0.4 is 0 Å². The van der Waals surface area contributed by atoms with Crippen LogP contribution in [0.25, 0.3) is 0 Å². The van der Waals surface area contributed by atoms with E-state index in [0.717, 1.165) is 0 Å². The number of rotatable bonds is 5. The maximum atomic E-state index is 12.2. The molecule has 15 heavy (non-hydrogen) atoms. The van der Waals surface area contributed by atoms with Gasteiger partial charge in [-0.05, 0) is 19.0 Å². The number of hydrogen-bond acceptors (Lipinski definition) is 4. The Morgan fingerprint density at radius 2 is 1.60 bits per heavy atom. The molecule has 0 fully saturated rings. The summed E-state index contributed by atoms with van der Waals surface area (Å²) in [6.45, 7) is 9.05. The molecule has 0 aromatic heterocycles. The van der Waals surface area contributed by atoms with Gasteiger partial charge < -0.3 is 9.05 Å². The van der Waals surface area contributed by atoms with Gasteiger partial charge in [-0.3, -0.25) is 4.57 Å². The molecule has 5 nitrogen and oxygen atoms in total. The molecule has 0 heterocycles. The molecule has 89 valence electrons. The molecule has 0 N–H and O–H groups in total. The lowest BCUT2D eigenvalue weighted by molar-refractivity contribution is 0.198. The van der Waals surface area contributed by atoms with Gasteiger partial charge in [0.25, 0.3) is 0 Å². The van der Waals surface area contributed by atoms with Crippen molar-refractivity contribution in [2.45, 2.75) is 34.6 Å². The Labute approximate surface area is 91.0 Å². The average Bonchev–Trinajstić information content (AvgIpc) is 2.02. The Balaban J connectivity index is 5.14. The van der Waals surface area contributed by atoms with Crippen LogP contribution in [0, 0.1) is 5.41 Å². The lowest BCUT2D eigenvalue weighted by Gasteiger charge is -2.25. The molecule has 0 spiro atoms. The summed E-state index contributed by atoms with van der Waals surface area (Å²) >= 11 is 0. The van der Waals surface area contributed by atoms with Gasteiger partial charge >= 0.3 is 7.60 Å². The molecule has 0 atom stereocenters. The van der Waals surface area contributed by atoms with Gasteiger partial charge in [0, 0.05) is 5.41 Å². The monoisotopic (exact) mass is 236 g/mol. The van der Waals surface area contributed by atoms with Crippen LogP contribution in [0.1, 0.15) is 34.6 Å². The van der Waals surface area contributed by atoms with Crippen LogP contribution >= 0.6 is 7.60 Å². The third-order valence-electron chi connectivity index (χ3n) is 1.61. The van der Waals surface area contributed by atoms with Crippen molar-refractivity contribution in [1.82, 2.24) is 0 Å². The van der Waals surface area contributed by atoms with Crippen molar-refractivity contribution in [2.24, 2.45) is 10.6 Å². The van der Waals surface area contributed by atoms with Gasteiger partial charge in [-0.25, -0.2) is 0 Å². The first-order chi connectivity index (χ1) is 6.81. The van der Waals surface area contributed by atoms with Crippen molar-refractivity contribution >= 4 is 13.0 Å². The summed E-state index contributed by atoms with van der Waals surface area (Å²) in [5.74, 6) is 0. The van der Waals surface area contributed by atoms with Crippen LogP contribution in [0.2, 0.25) is 0 Å². The van der Waals surface area contributed by atoms with Crippen molar-refractivity contribution in [1.29, 1.82) is 0 Å². The Hall–Kier alpha value is -0.380. The molecule has 0 bridgehead atoms. The summed E-state index contributed by atoms with van der Waals surface area (Å²) in [6.07, 6.45) is 0. The van der Waals surface area contributed by atoms with E-state index in [-0.39, 0.29) is 18.7 Å². The maximum Gasteiger partial charge on any atom is 0.379 e. The fourth-order valence-corrected chi connectivity index (χ4v) is 3.02. The van der Waals surface area contributed by atoms with E-state index in [1.807, 2.05) is 0 Å². The normalized spacial score (nSPS) is 14.3. The first kappa shape index (κ1) is 14.6. The van der Waals surface area contributed by atoms with E-state index in [2.05, 4.69) is 5.16 Å². The Morgan fingerprint density at radius 1 is 1.20 bits per heavy atom. The van der Waals surface area contributed by atoms with E-state index in [0.29, 0.717) is 0 Å². The topological polar surface area (TPSA) is 67.8 Å². The van der Waals surface area contributed by atoms with Gasteiger partial charge in [0.2, 0.25) is 0 Å². The first-order valence-electron chi connectivity index (χ1n) is 4.92. The van der Waals surface area contributed by atoms with Crippen molar-refractivity contribution in [3.05, 3.63) is 0 Å². The maximum absolute atomic E-state index is 12.2. The van der Waals surface area contributed by atoms with Crippen LogP contribution in [0.3, 0.4) is 0 Å². The van der Waals surface area contributed by atoms with E-state index < -0.39 is 13.0 Å². The molecule has 6 heteroatoms. The minimum Gasteiger partial charge on any atom is -0.305 e. The quantitative estimate of drug-likeness (QED) is 0.418. The van der Waals surface area contributed by atoms with Crippen molar-refractivity contribution in [2.75, 3.05) is 13.2 Å². The fraction of sp³-hybridized carbons (Fsp3) is 0.889.